The van der Waals surface area contributed by atoms with E-state index in [4.69, 9.17) is 10.4 Å². The van der Waals surface area contributed by atoms with Gasteiger partial charge in [0.25, 0.3) is 11.5 Å². The van der Waals surface area contributed by atoms with E-state index in [-0.39, 0.29) is 30.3 Å². The Bertz CT molecular complexity index is 809. The summed E-state index contributed by atoms with van der Waals surface area (Å²) in [5.74, 6) is -0.310. The molecule has 0 unspecified atom stereocenters. The minimum Gasteiger partial charge on any atom is -0.395 e. The lowest BCUT2D eigenvalue weighted by Crippen LogP contribution is -2.26. The van der Waals surface area contributed by atoms with Gasteiger partial charge in [-0.15, -0.1) is 0 Å². The molecule has 1 aromatic heterocycles. The Morgan fingerprint density at radius 3 is 2.70 bits per heavy atom. The molecule has 0 fully saturated rings. The second-order valence-electron chi connectivity index (χ2n) is 4.47. The van der Waals surface area contributed by atoms with Crippen LogP contribution in [-0.4, -0.2) is 40.4 Å². The number of thioether (sulfide) groups is 1. The molecular weight excluding hydrogens is 316 g/mol. The average Bonchev–Trinajstić information content (AvgIpc) is 2.59. The highest BCUT2D eigenvalue weighted by molar-refractivity contribution is 7.98. The minimum absolute atomic E-state index is 0.0692. The fraction of sp³-hybridized carbons (Fsp3) is 0.200. The zero-order valence-corrected chi connectivity index (χ0v) is 13.1. The Morgan fingerprint density at radius 2 is 2.13 bits per heavy atom. The van der Waals surface area contributed by atoms with E-state index in [0.29, 0.717) is 16.3 Å². The van der Waals surface area contributed by atoms with Gasteiger partial charge in [0, 0.05) is 17.7 Å². The predicted molar refractivity (Wildman–Crippen MR) is 86.2 cm³/mol. The van der Waals surface area contributed by atoms with E-state index in [1.54, 1.807) is 30.5 Å². The standard InChI is InChI=1S/C15H14N4O3S/c1-23-15-18-12(11(8-16)14(22)19-15)9-2-4-10(5-3-9)13(21)17-6-7-20/h2-5,20H,6-7H2,1H3,(H,17,21)(H,18,19,22). The summed E-state index contributed by atoms with van der Waals surface area (Å²) >= 11 is 1.26. The van der Waals surface area contributed by atoms with Crippen molar-refractivity contribution in [3.8, 4) is 17.3 Å². The summed E-state index contributed by atoms with van der Waals surface area (Å²) in [7, 11) is 0. The van der Waals surface area contributed by atoms with Crippen molar-refractivity contribution in [1.29, 1.82) is 5.26 Å². The van der Waals surface area contributed by atoms with Gasteiger partial charge >= 0.3 is 0 Å². The number of hydrogen-bond acceptors (Lipinski definition) is 6. The number of rotatable bonds is 5. The van der Waals surface area contributed by atoms with Crippen LogP contribution in [0.3, 0.4) is 0 Å². The van der Waals surface area contributed by atoms with Gasteiger partial charge in [0.1, 0.15) is 11.6 Å². The maximum atomic E-state index is 11.9. The van der Waals surface area contributed by atoms with Crippen molar-refractivity contribution in [1.82, 2.24) is 15.3 Å². The third-order valence-electron chi connectivity index (χ3n) is 3.02. The molecule has 2 rings (SSSR count). The lowest BCUT2D eigenvalue weighted by Gasteiger charge is -2.07. The van der Waals surface area contributed by atoms with Gasteiger partial charge in [-0.05, 0) is 18.4 Å². The second-order valence-corrected chi connectivity index (χ2v) is 5.26. The first-order valence-electron chi connectivity index (χ1n) is 6.68. The molecule has 0 aliphatic heterocycles. The summed E-state index contributed by atoms with van der Waals surface area (Å²) in [5.41, 5.74) is 0.701. The number of H-pyrrole nitrogens is 1. The quantitative estimate of drug-likeness (QED) is 0.550. The second kappa shape index (κ2) is 7.58. The maximum absolute atomic E-state index is 11.9. The van der Waals surface area contributed by atoms with Crippen molar-refractivity contribution in [2.24, 2.45) is 0 Å². The Labute approximate surface area is 136 Å². The number of nitrogens with one attached hydrogen (secondary N) is 2. The van der Waals surface area contributed by atoms with Crippen molar-refractivity contribution in [3.63, 3.8) is 0 Å². The van der Waals surface area contributed by atoms with Crippen LogP contribution in [0.1, 0.15) is 15.9 Å². The van der Waals surface area contributed by atoms with Gasteiger partial charge in [0.2, 0.25) is 0 Å². The number of amides is 1. The van der Waals surface area contributed by atoms with Crippen molar-refractivity contribution in [2.45, 2.75) is 5.16 Å². The molecule has 2 aromatic rings. The molecule has 0 bridgehead atoms. The summed E-state index contributed by atoms with van der Waals surface area (Å²) in [6.07, 6.45) is 1.77. The normalized spacial score (nSPS) is 10.1. The molecule has 0 saturated heterocycles. The first kappa shape index (κ1) is 16.7. The van der Waals surface area contributed by atoms with Gasteiger partial charge in [-0.3, -0.25) is 9.59 Å². The van der Waals surface area contributed by atoms with Gasteiger partial charge < -0.3 is 15.4 Å². The number of aliphatic hydroxyl groups excluding tert-OH is 1. The molecule has 3 N–H and O–H groups in total. The molecule has 23 heavy (non-hydrogen) atoms. The summed E-state index contributed by atoms with van der Waals surface area (Å²) in [6, 6.07) is 8.26. The van der Waals surface area contributed by atoms with Crippen LogP contribution in [-0.2, 0) is 0 Å². The highest BCUT2D eigenvalue weighted by Gasteiger charge is 2.14. The molecule has 8 heteroatoms. The van der Waals surface area contributed by atoms with Gasteiger partial charge in [-0.25, -0.2) is 4.98 Å². The first-order chi connectivity index (χ1) is 11.1. The van der Waals surface area contributed by atoms with Gasteiger partial charge in [0.15, 0.2) is 5.16 Å². The van der Waals surface area contributed by atoms with Crippen molar-refractivity contribution in [2.75, 3.05) is 19.4 Å². The van der Waals surface area contributed by atoms with E-state index in [1.165, 1.54) is 11.8 Å². The topological polar surface area (TPSA) is 119 Å². The Hall–Kier alpha value is -2.63. The molecule has 0 saturated carbocycles. The van der Waals surface area contributed by atoms with Gasteiger partial charge in [-0.1, -0.05) is 23.9 Å². The lowest BCUT2D eigenvalue weighted by molar-refractivity contribution is 0.0945. The number of aromatic amines is 1. The molecule has 1 heterocycles. The predicted octanol–water partition coefficient (Wildman–Crippen LogP) is 0.753. The summed E-state index contributed by atoms with van der Waals surface area (Å²) in [5, 5.41) is 20.8. The number of benzene rings is 1. The molecular formula is C15H14N4O3S. The Kier molecular flexibility index (Phi) is 5.51. The molecule has 1 aromatic carbocycles. The van der Waals surface area contributed by atoms with Gasteiger partial charge in [0.05, 0.1) is 12.3 Å². The van der Waals surface area contributed by atoms with E-state index in [9.17, 15) is 9.59 Å². The highest BCUT2D eigenvalue weighted by atomic mass is 32.2. The molecule has 0 aliphatic carbocycles. The fourth-order valence-corrected chi connectivity index (χ4v) is 2.29. The Balaban J connectivity index is 2.40. The number of carbonyl (C=O) groups is 1. The van der Waals surface area contributed by atoms with E-state index >= 15 is 0 Å². The van der Waals surface area contributed by atoms with Crippen LogP contribution in [0.15, 0.2) is 34.2 Å². The number of nitriles is 1. The third kappa shape index (κ3) is 3.77. The van der Waals surface area contributed by atoms with E-state index < -0.39 is 5.56 Å². The maximum Gasteiger partial charge on any atom is 0.270 e. The SMILES string of the molecule is CSc1nc(-c2ccc(C(=O)NCCO)cc2)c(C#N)c(=O)[nH]1. The monoisotopic (exact) mass is 330 g/mol. The first-order valence-corrected chi connectivity index (χ1v) is 7.91. The molecule has 7 nitrogen and oxygen atoms in total. The van der Waals surface area contributed by atoms with Crippen molar-refractivity contribution in [3.05, 3.63) is 45.7 Å². The van der Waals surface area contributed by atoms with Crippen LogP contribution < -0.4 is 10.9 Å². The fourth-order valence-electron chi connectivity index (χ4n) is 1.91. The van der Waals surface area contributed by atoms with Crippen LogP contribution >= 0.6 is 11.8 Å². The smallest absolute Gasteiger partial charge is 0.270 e. The number of hydrogen-bond donors (Lipinski definition) is 3. The summed E-state index contributed by atoms with van der Waals surface area (Å²) < 4.78 is 0. The molecule has 118 valence electrons. The van der Waals surface area contributed by atoms with Crippen LogP contribution in [0, 0.1) is 11.3 Å². The number of aliphatic hydroxyl groups is 1. The zero-order chi connectivity index (χ0) is 16.8. The molecule has 0 aliphatic rings. The van der Waals surface area contributed by atoms with Crippen LogP contribution in [0.25, 0.3) is 11.3 Å². The number of aromatic nitrogens is 2. The van der Waals surface area contributed by atoms with Crippen molar-refractivity contribution < 1.29 is 9.90 Å². The number of nitrogens with zero attached hydrogens (tertiary/aromatic N) is 2. The van der Waals surface area contributed by atoms with E-state index in [1.807, 2.05) is 6.07 Å². The Morgan fingerprint density at radius 1 is 1.43 bits per heavy atom. The minimum atomic E-state index is -0.494. The largest absolute Gasteiger partial charge is 0.395 e. The molecule has 0 atom stereocenters. The molecule has 1 amide bonds. The molecule has 0 spiro atoms. The van der Waals surface area contributed by atoms with E-state index in [2.05, 4.69) is 15.3 Å². The third-order valence-corrected chi connectivity index (χ3v) is 3.60. The van der Waals surface area contributed by atoms with Crippen LogP contribution in [0.5, 0.6) is 0 Å². The number of carbonyl (C=O) groups excluding carboxylic acids is 1. The summed E-state index contributed by atoms with van der Waals surface area (Å²) in [6.45, 7) is 0.0371. The van der Waals surface area contributed by atoms with E-state index in [0.717, 1.165) is 0 Å². The molecule has 0 radical (unpaired) electrons. The van der Waals surface area contributed by atoms with Crippen LogP contribution in [0.4, 0.5) is 0 Å². The highest BCUT2D eigenvalue weighted by Crippen LogP contribution is 2.21. The average molecular weight is 330 g/mol. The van der Waals surface area contributed by atoms with Crippen LogP contribution in [0.2, 0.25) is 0 Å². The summed E-state index contributed by atoms with van der Waals surface area (Å²) in [4.78, 5) is 30.5. The lowest BCUT2D eigenvalue weighted by atomic mass is 10.1. The van der Waals surface area contributed by atoms with Gasteiger partial charge in [-0.2, -0.15) is 5.26 Å². The van der Waals surface area contributed by atoms with Crippen molar-refractivity contribution >= 4 is 17.7 Å². The zero-order valence-electron chi connectivity index (χ0n) is 12.3.